The van der Waals surface area contributed by atoms with Crippen LogP contribution in [0, 0.1) is 20.8 Å². The summed E-state index contributed by atoms with van der Waals surface area (Å²) in [6.07, 6.45) is -4.46. The maximum atomic E-state index is 13.2. The van der Waals surface area contributed by atoms with Crippen molar-refractivity contribution >= 4 is 11.6 Å². The summed E-state index contributed by atoms with van der Waals surface area (Å²) in [5, 5.41) is 12.1. The van der Waals surface area contributed by atoms with E-state index in [1.165, 1.54) is 12.1 Å². The fourth-order valence-electron chi connectivity index (χ4n) is 3.61. The summed E-state index contributed by atoms with van der Waals surface area (Å²) in [5.41, 5.74) is 1.82. The van der Waals surface area contributed by atoms with Gasteiger partial charge in [-0.2, -0.15) is 13.2 Å². The number of alkyl halides is 3. The van der Waals surface area contributed by atoms with Crippen LogP contribution in [0.3, 0.4) is 0 Å². The zero-order valence-electron chi connectivity index (χ0n) is 18.5. The monoisotopic (exact) mass is 459 g/mol. The van der Waals surface area contributed by atoms with E-state index in [0.29, 0.717) is 11.4 Å². The third-order valence-corrected chi connectivity index (χ3v) is 5.35. The first kappa shape index (κ1) is 24.2. The quantitative estimate of drug-likeness (QED) is 0.583. The maximum Gasteiger partial charge on any atom is 0.416 e. The SMILES string of the molecule is Cc1cccc(C)c1NC(=O)Cn1c(-c2ccc(C(F)(F)F)cc2)nc(C)c(CCO)c1=O. The van der Waals surface area contributed by atoms with Crippen molar-refractivity contribution in [2.24, 2.45) is 0 Å². The fourth-order valence-corrected chi connectivity index (χ4v) is 3.61. The topological polar surface area (TPSA) is 84.2 Å². The van der Waals surface area contributed by atoms with Gasteiger partial charge in [0.1, 0.15) is 12.4 Å². The van der Waals surface area contributed by atoms with E-state index in [1.807, 2.05) is 32.0 Å². The molecule has 0 spiro atoms. The van der Waals surface area contributed by atoms with Crippen molar-refractivity contribution in [2.75, 3.05) is 11.9 Å². The lowest BCUT2D eigenvalue weighted by Crippen LogP contribution is -2.33. The molecule has 0 atom stereocenters. The number of aliphatic hydroxyl groups is 1. The molecule has 0 fully saturated rings. The first-order chi connectivity index (χ1) is 15.5. The molecule has 3 rings (SSSR count). The molecule has 9 heteroatoms. The minimum absolute atomic E-state index is 0.0451. The predicted molar refractivity (Wildman–Crippen MR) is 119 cm³/mol. The van der Waals surface area contributed by atoms with E-state index in [0.717, 1.165) is 27.8 Å². The molecule has 0 bridgehead atoms. The van der Waals surface area contributed by atoms with Gasteiger partial charge in [0.05, 0.1) is 5.56 Å². The smallest absolute Gasteiger partial charge is 0.396 e. The standard InChI is InChI=1S/C24H24F3N3O3/c1-14-5-4-6-15(2)21(14)29-20(32)13-30-22(28-16(3)19(11-12-31)23(30)33)17-7-9-18(10-8-17)24(25,26)27/h4-10,31H,11-13H2,1-3H3,(H,29,32). The van der Waals surface area contributed by atoms with Crippen LogP contribution in [0.1, 0.15) is 27.9 Å². The summed E-state index contributed by atoms with van der Waals surface area (Å²) in [7, 11) is 0. The number of anilines is 1. The number of halogens is 3. The highest BCUT2D eigenvalue weighted by molar-refractivity contribution is 5.92. The number of carbonyl (C=O) groups excluding carboxylic acids is 1. The molecule has 0 aliphatic rings. The Morgan fingerprint density at radius 2 is 1.67 bits per heavy atom. The summed E-state index contributed by atoms with van der Waals surface area (Å²) in [6.45, 7) is 4.59. The predicted octanol–water partition coefficient (Wildman–Crippen LogP) is 4.03. The molecule has 6 nitrogen and oxygen atoms in total. The van der Waals surface area contributed by atoms with Gasteiger partial charge >= 0.3 is 6.18 Å². The molecule has 0 saturated carbocycles. The van der Waals surface area contributed by atoms with Gasteiger partial charge in [0, 0.05) is 35.5 Å². The highest BCUT2D eigenvalue weighted by Crippen LogP contribution is 2.30. The second-order valence-corrected chi connectivity index (χ2v) is 7.75. The van der Waals surface area contributed by atoms with Crippen molar-refractivity contribution in [2.45, 2.75) is 39.9 Å². The van der Waals surface area contributed by atoms with Crippen molar-refractivity contribution in [3.8, 4) is 11.4 Å². The van der Waals surface area contributed by atoms with E-state index in [2.05, 4.69) is 10.3 Å². The molecule has 33 heavy (non-hydrogen) atoms. The number of para-hydroxylation sites is 1. The number of carbonyl (C=O) groups is 1. The minimum atomic E-state index is -4.50. The number of aromatic nitrogens is 2. The van der Waals surface area contributed by atoms with Gasteiger partial charge < -0.3 is 10.4 Å². The molecule has 174 valence electrons. The number of aliphatic hydroxyl groups excluding tert-OH is 1. The normalized spacial score (nSPS) is 11.5. The van der Waals surface area contributed by atoms with Gasteiger partial charge in [-0.3, -0.25) is 14.2 Å². The van der Waals surface area contributed by atoms with Crippen LogP contribution < -0.4 is 10.9 Å². The van der Waals surface area contributed by atoms with Gasteiger partial charge in [-0.05, 0) is 44.0 Å². The third kappa shape index (κ3) is 5.31. The van der Waals surface area contributed by atoms with Crippen molar-refractivity contribution in [1.82, 2.24) is 9.55 Å². The van der Waals surface area contributed by atoms with E-state index in [-0.39, 0.29) is 30.0 Å². The Morgan fingerprint density at radius 1 is 1.06 bits per heavy atom. The first-order valence-electron chi connectivity index (χ1n) is 10.3. The van der Waals surface area contributed by atoms with Crippen LogP contribution in [0.25, 0.3) is 11.4 Å². The molecule has 2 N–H and O–H groups in total. The molecule has 0 unspecified atom stereocenters. The van der Waals surface area contributed by atoms with E-state index in [1.54, 1.807) is 6.92 Å². The van der Waals surface area contributed by atoms with Gasteiger partial charge in [0.15, 0.2) is 0 Å². The number of hydrogen-bond acceptors (Lipinski definition) is 4. The lowest BCUT2D eigenvalue weighted by molar-refractivity contribution is -0.137. The second-order valence-electron chi connectivity index (χ2n) is 7.75. The van der Waals surface area contributed by atoms with Crippen LogP contribution in [0.2, 0.25) is 0 Å². The Labute approximate surface area is 188 Å². The molecule has 1 heterocycles. The summed E-state index contributed by atoms with van der Waals surface area (Å²) in [5.74, 6) is -0.409. The van der Waals surface area contributed by atoms with Crippen molar-refractivity contribution in [3.05, 3.63) is 80.8 Å². The van der Waals surface area contributed by atoms with Crippen molar-refractivity contribution in [1.29, 1.82) is 0 Å². The zero-order valence-corrected chi connectivity index (χ0v) is 18.5. The van der Waals surface area contributed by atoms with Crippen LogP contribution >= 0.6 is 0 Å². The first-order valence-corrected chi connectivity index (χ1v) is 10.3. The van der Waals surface area contributed by atoms with Crippen LogP contribution in [-0.4, -0.2) is 27.2 Å². The van der Waals surface area contributed by atoms with Crippen molar-refractivity contribution < 1.29 is 23.1 Å². The number of nitrogens with one attached hydrogen (secondary N) is 1. The molecular formula is C24H24F3N3O3. The highest BCUT2D eigenvalue weighted by Gasteiger charge is 2.30. The fraction of sp³-hybridized carbons (Fsp3) is 0.292. The number of nitrogens with zero attached hydrogens (tertiary/aromatic N) is 2. The van der Waals surface area contributed by atoms with Crippen molar-refractivity contribution in [3.63, 3.8) is 0 Å². The van der Waals surface area contributed by atoms with Crippen LogP contribution in [0.4, 0.5) is 18.9 Å². The number of benzene rings is 2. The van der Waals surface area contributed by atoms with Gasteiger partial charge in [0.25, 0.3) is 5.56 Å². The molecule has 3 aromatic rings. The molecule has 2 aromatic carbocycles. The van der Waals surface area contributed by atoms with Crippen LogP contribution in [0.15, 0.2) is 47.3 Å². The average Bonchev–Trinajstić information content (AvgIpc) is 2.75. The van der Waals surface area contributed by atoms with Gasteiger partial charge in [0.2, 0.25) is 5.91 Å². The Bertz CT molecular complexity index is 1210. The third-order valence-electron chi connectivity index (χ3n) is 5.35. The molecule has 0 radical (unpaired) electrons. The van der Waals surface area contributed by atoms with E-state index < -0.39 is 29.8 Å². The molecule has 0 aliphatic heterocycles. The van der Waals surface area contributed by atoms with Crippen LogP contribution in [-0.2, 0) is 23.9 Å². The summed E-state index contributed by atoms with van der Waals surface area (Å²) >= 11 is 0. The summed E-state index contributed by atoms with van der Waals surface area (Å²) < 4.78 is 40.0. The second kappa shape index (κ2) is 9.58. The highest BCUT2D eigenvalue weighted by atomic mass is 19.4. The zero-order chi connectivity index (χ0) is 24.3. The Morgan fingerprint density at radius 3 is 2.21 bits per heavy atom. The molecule has 0 aliphatic carbocycles. The Hall–Kier alpha value is -3.46. The summed E-state index contributed by atoms with van der Waals surface area (Å²) in [6, 6.07) is 9.79. The minimum Gasteiger partial charge on any atom is -0.396 e. The molecule has 0 saturated heterocycles. The van der Waals surface area contributed by atoms with E-state index >= 15 is 0 Å². The number of rotatable bonds is 6. The number of aryl methyl sites for hydroxylation is 3. The molecule has 1 aromatic heterocycles. The lowest BCUT2D eigenvalue weighted by Gasteiger charge is -2.17. The Balaban J connectivity index is 2.06. The van der Waals surface area contributed by atoms with Gasteiger partial charge in [-0.1, -0.05) is 30.3 Å². The van der Waals surface area contributed by atoms with E-state index in [4.69, 9.17) is 0 Å². The molecule has 1 amide bonds. The lowest BCUT2D eigenvalue weighted by atomic mass is 10.1. The Kier molecular flexibility index (Phi) is 7.02. The number of hydrogen-bond donors (Lipinski definition) is 2. The van der Waals surface area contributed by atoms with Gasteiger partial charge in [-0.15, -0.1) is 0 Å². The largest absolute Gasteiger partial charge is 0.416 e. The van der Waals surface area contributed by atoms with E-state index in [9.17, 15) is 27.9 Å². The molecular weight excluding hydrogens is 435 g/mol. The number of amides is 1. The van der Waals surface area contributed by atoms with Crippen LogP contribution in [0.5, 0.6) is 0 Å². The van der Waals surface area contributed by atoms with Gasteiger partial charge in [-0.25, -0.2) is 4.98 Å². The summed E-state index contributed by atoms with van der Waals surface area (Å²) in [4.78, 5) is 30.4. The maximum absolute atomic E-state index is 13.2. The average molecular weight is 459 g/mol.